The summed E-state index contributed by atoms with van der Waals surface area (Å²) in [6.45, 7) is 1.90. The molecule has 1 heterocycles. The van der Waals surface area contributed by atoms with Gasteiger partial charge in [0.1, 0.15) is 5.76 Å². The third kappa shape index (κ3) is 2.98. The van der Waals surface area contributed by atoms with E-state index in [4.69, 9.17) is 9.68 Å². The van der Waals surface area contributed by atoms with Gasteiger partial charge in [-0.3, -0.25) is 0 Å². The molecule has 1 N–H and O–H groups in total. The molecule has 0 bridgehead atoms. The van der Waals surface area contributed by atoms with Crippen LogP contribution in [-0.4, -0.2) is 13.1 Å². The van der Waals surface area contributed by atoms with Crippen LogP contribution >= 0.6 is 0 Å². The van der Waals surface area contributed by atoms with Crippen molar-refractivity contribution < 1.29 is 13.9 Å². The summed E-state index contributed by atoms with van der Waals surface area (Å²) < 4.78 is 10.0. The lowest BCUT2D eigenvalue weighted by Gasteiger charge is -2.12. The summed E-state index contributed by atoms with van der Waals surface area (Å²) in [4.78, 5) is 11.3. The Balaban J connectivity index is 2.11. The van der Waals surface area contributed by atoms with E-state index in [1.165, 1.54) is 7.11 Å². The molecule has 0 amide bonds. The van der Waals surface area contributed by atoms with E-state index in [9.17, 15) is 4.79 Å². The minimum absolute atomic E-state index is 0.137. The van der Waals surface area contributed by atoms with Gasteiger partial charge in [0.25, 0.3) is 0 Å². The van der Waals surface area contributed by atoms with Crippen molar-refractivity contribution in [3.8, 4) is 6.07 Å². The highest BCUT2D eigenvalue weighted by atomic mass is 16.5. The number of benzene rings is 1. The van der Waals surface area contributed by atoms with E-state index in [0.29, 0.717) is 11.3 Å². The second-order valence-electron chi connectivity index (χ2n) is 4.25. The summed E-state index contributed by atoms with van der Waals surface area (Å²) in [7, 11) is 1.31. The summed E-state index contributed by atoms with van der Waals surface area (Å²) >= 11 is 0. The molecule has 0 aliphatic heterocycles. The van der Waals surface area contributed by atoms with E-state index in [1.807, 2.05) is 13.0 Å². The minimum atomic E-state index is -0.505. The number of methoxy groups -OCH3 is 1. The maximum atomic E-state index is 11.3. The zero-order valence-electron chi connectivity index (χ0n) is 11.2. The second kappa shape index (κ2) is 5.93. The number of nitriles is 1. The van der Waals surface area contributed by atoms with Gasteiger partial charge < -0.3 is 14.5 Å². The van der Waals surface area contributed by atoms with Crippen LogP contribution in [0.15, 0.2) is 40.8 Å². The van der Waals surface area contributed by atoms with Crippen molar-refractivity contribution in [3.05, 3.63) is 53.5 Å². The van der Waals surface area contributed by atoms with Crippen molar-refractivity contribution in [1.82, 2.24) is 0 Å². The van der Waals surface area contributed by atoms with Gasteiger partial charge in [0.2, 0.25) is 5.76 Å². The second-order valence-corrected chi connectivity index (χ2v) is 4.25. The van der Waals surface area contributed by atoms with Gasteiger partial charge in [-0.15, -0.1) is 0 Å². The first-order valence-corrected chi connectivity index (χ1v) is 6.09. The maximum Gasteiger partial charge on any atom is 0.373 e. The third-order valence-corrected chi connectivity index (χ3v) is 2.81. The van der Waals surface area contributed by atoms with Crippen molar-refractivity contribution >= 4 is 11.7 Å². The Labute approximate surface area is 116 Å². The Hall–Kier alpha value is -2.74. The van der Waals surface area contributed by atoms with E-state index in [-0.39, 0.29) is 11.8 Å². The highest BCUT2D eigenvalue weighted by Crippen LogP contribution is 2.22. The number of esters is 1. The topological polar surface area (TPSA) is 75.3 Å². The first kappa shape index (κ1) is 13.7. The van der Waals surface area contributed by atoms with Crippen LogP contribution in [-0.2, 0) is 4.74 Å². The normalized spacial score (nSPS) is 11.4. The zero-order valence-corrected chi connectivity index (χ0v) is 11.2. The maximum absolute atomic E-state index is 11.3. The molecular weight excluding hydrogens is 256 g/mol. The van der Waals surface area contributed by atoms with Crippen LogP contribution in [0.2, 0.25) is 0 Å². The van der Waals surface area contributed by atoms with Crippen LogP contribution in [0, 0.1) is 11.3 Å². The summed E-state index contributed by atoms with van der Waals surface area (Å²) in [5.74, 6) is 0.282. The van der Waals surface area contributed by atoms with Gasteiger partial charge in [-0.2, -0.15) is 5.26 Å². The van der Waals surface area contributed by atoms with Crippen molar-refractivity contribution in [2.45, 2.75) is 13.0 Å². The average Bonchev–Trinajstić information content (AvgIpc) is 2.96. The van der Waals surface area contributed by atoms with Crippen molar-refractivity contribution in [1.29, 1.82) is 5.26 Å². The molecule has 1 aromatic carbocycles. The molecule has 0 saturated carbocycles. The number of rotatable bonds is 4. The van der Waals surface area contributed by atoms with Gasteiger partial charge in [0.15, 0.2) is 0 Å². The Morgan fingerprint density at radius 3 is 2.90 bits per heavy atom. The lowest BCUT2D eigenvalue weighted by atomic mass is 10.2. The van der Waals surface area contributed by atoms with E-state index < -0.39 is 5.97 Å². The van der Waals surface area contributed by atoms with Gasteiger partial charge in [-0.25, -0.2) is 4.79 Å². The molecule has 0 saturated heterocycles. The van der Waals surface area contributed by atoms with Gasteiger partial charge in [0.05, 0.1) is 24.8 Å². The number of carbonyl (C=O) groups is 1. The molecule has 0 spiro atoms. The highest BCUT2D eigenvalue weighted by Gasteiger charge is 2.15. The van der Waals surface area contributed by atoms with Crippen molar-refractivity contribution in [2.75, 3.05) is 12.4 Å². The quantitative estimate of drug-likeness (QED) is 0.864. The highest BCUT2D eigenvalue weighted by molar-refractivity contribution is 5.86. The monoisotopic (exact) mass is 270 g/mol. The summed E-state index contributed by atoms with van der Waals surface area (Å²) in [6.07, 6.45) is 0. The average molecular weight is 270 g/mol. The largest absolute Gasteiger partial charge is 0.463 e. The smallest absolute Gasteiger partial charge is 0.373 e. The number of hydrogen-bond donors (Lipinski definition) is 1. The predicted molar refractivity (Wildman–Crippen MR) is 73.2 cm³/mol. The molecule has 0 fully saturated rings. The van der Waals surface area contributed by atoms with Crippen LogP contribution in [0.4, 0.5) is 5.69 Å². The number of carbonyl (C=O) groups excluding carboxylic acids is 1. The van der Waals surface area contributed by atoms with E-state index in [0.717, 1.165) is 5.69 Å². The van der Waals surface area contributed by atoms with E-state index in [1.54, 1.807) is 30.3 Å². The molecule has 1 aromatic heterocycles. The zero-order chi connectivity index (χ0) is 14.5. The first-order chi connectivity index (χ1) is 9.63. The fourth-order valence-electron chi connectivity index (χ4n) is 1.80. The number of furan rings is 1. The van der Waals surface area contributed by atoms with E-state index >= 15 is 0 Å². The summed E-state index contributed by atoms with van der Waals surface area (Å²) in [5.41, 5.74) is 1.39. The SMILES string of the molecule is COC(=O)c1ccc(C(C)Nc2cccc(C#N)c2)o1. The Kier molecular flexibility index (Phi) is 4.06. The molecule has 2 aromatic rings. The molecule has 1 unspecified atom stereocenters. The Morgan fingerprint density at radius 2 is 2.20 bits per heavy atom. The summed E-state index contributed by atoms with van der Waals surface area (Å²) in [6, 6.07) is 12.4. The van der Waals surface area contributed by atoms with Crippen molar-refractivity contribution in [2.24, 2.45) is 0 Å². The fourth-order valence-corrected chi connectivity index (χ4v) is 1.80. The van der Waals surface area contributed by atoms with Crippen LogP contribution in [0.5, 0.6) is 0 Å². The van der Waals surface area contributed by atoms with Crippen LogP contribution < -0.4 is 5.32 Å². The molecule has 5 nitrogen and oxygen atoms in total. The third-order valence-electron chi connectivity index (χ3n) is 2.81. The number of anilines is 1. The van der Waals surface area contributed by atoms with Crippen LogP contribution in [0.3, 0.4) is 0 Å². The van der Waals surface area contributed by atoms with Gasteiger partial charge in [-0.1, -0.05) is 6.07 Å². The Bertz CT molecular complexity index is 655. The molecule has 0 aliphatic rings. The number of hydrogen-bond acceptors (Lipinski definition) is 5. The standard InChI is InChI=1S/C15H14N2O3/c1-10(13-6-7-14(20-13)15(18)19-2)17-12-5-3-4-11(8-12)9-16/h3-8,10,17H,1-2H3. The van der Waals surface area contributed by atoms with Crippen molar-refractivity contribution in [3.63, 3.8) is 0 Å². The molecule has 0 aliphatic carbocycles. The molecule has 0 radical (unpaired) electrons. The Morgan fingerprint density at radius 1 is 1.40 bits per heavy atom. The molecule has 2 rings (SSSR count). The number of ether oxygens (including phenoxy) is 1. The minimum Gasteiger partial charge on any atom is -0.463 e. The van der Waals surface area contributed by atoms with Gasteiger partial charge in [-0.05, 0) is 37.3 Å². The molecule has 1 atom stereocenters. The first-order valence-electron chi connectivity index (χ1n) is 6.09. The van der Waals surface area contributed by atoms with Gasteiger partial charge in [0, 0.05) is 5.69 Å². The fraction of sp³-hybridized carbons (Fsp3) is 0.200. The lowest BCUT2D eigenvalue weighted by Crippen LogP contribution is -2.06. The summed E-state index contributed by atoms with van der Waals surface area (Å²) in [5, 5.41) is 12.1. The number of nitrogens with zero attached hydrogens (tertiary/aromatic N) is 1. The molecular formula is C15H14N2O3. The molecule has 5 heteroatoms. The van der Waals surface area contributed by atoms with Crippen LogP contribution in [0.25, 0.3) is 0 Å². The number of nitrogens with one attached hydrogen (secondary N) is 1. The van der Waals surface area contributed by atoms with E-state index in [2.05, 4.69) is 16.1 Å². The lowest BCUT2D eigenvalue weighted by molar-refractivity contribution is 0.0562. The van der Waals surface area contributed by atoms with Crippen LogP contribution in [0.1, 0.15) is 34.8 Å². The molecule has 102 valence electrons. The molecule has 20 heavy (non-hydrogen) atoms. The van der Waals surface area contributed by atoms with Gasteiger partial charge >= 0.3 is 5.97 Å². The predicted octanol–water partition coefficient (Wildman–Crippen LogP) is 3.11.